The summed E-state index contributed by atoms with van der Waals surface area (Å²) in [5.74, 6) is 0.0451. The molecule has 0 radical (unpaired) electrons. The van der Waals surface area contributed by atoms with Crippen molar-refractivity contribution in [1.82, 2.24) is 10.3 Å². The average Bonchev–Trinajstić information content (AvgIpc) is 3.03. The van der Waals surface area contributed by atoms with Gasteiger partial charge in [-0.3, -0.25) is 4.79 Å². The van der Waals surface area contributed by atoms with Crippen molar-refractivity contribution in [2.45, 2.75) is 19.8 Å². The Morgan fingerprint density at radius 2 is 2.00 bits per heavy atom. The van der Waals surface area contributed by atoms with E-state index in [-0.39, 0.29) is 18.3 Å². The fourth-order valence-corrected chi connectivity index (χ4v) is 3.87. The van der Waals surface area contributed by atoms with Crippen LogP contribution in [0.15, 0.2) is 29.6 Å². The minimum absolute atomic E-state index is 0. The van der Waals surface area contributed by atoms with Gasteiger partial charge >= 0.3 is 0 Å². The molecule has 25 heavy (non-hydrogen) atoms. The molecule has 1 amide bonds. The number of carbonyl (C=O) groups excluding carboxylic acids is 1. The molecule has 2 N–H and O–H groups in total. The van der Waals surface area contributed by atoms with Gasteiger partial charge in [-0.05, 0) is 57.1 Å². The van der Waals surface area contributed by atoms with E-state index in [0.717, 1.165) is 47.9 Å². The van der Waals surface area contributed by atoms with E-state index in [4.69, 9.17) is 4.74 Å². The normalized spacial score (nSPS) is 16.1. The van der Waals surface area contributed by atoms with Crippen LogP contribution in [0, 0.1) is 12.3 Å². The first-order chi connectivity index (χ1) is 11.6. The number of aryl methyl sites for hydroxylation is 1. The molecule has 0 unspecified atom stereocenters. The van der Waals surface area contributed by atoms with Gasteiger partial charge in [-0.1, -0.05) is 0 Å². The molecule has 2 aromatic rings. The summed E-state index contributed by atoms with van der Waals surface area (Å²) in [6.07, 6.45) is 1.59. The SMILES string of the molecule is COCC1(C(=O)Nc2ccc(-c3nc(C)cs3)cc2)CCNCC1.Cl. The van der Waals surface area contributed by atoms with E-state index >= 15 is 0 Å². The molecular formula is C18H24ClN3O2S. The number of amides is 1. The highest BCUT2D eigenvalue weighted by atomic mass is 35.5. The van der Waals surface area contributed by atoms with Gasteiger partial charge in [0.15, 0.2) is 0 Å². The highest BCUT2D eigenvalue weighted by molar-refractivity contribution is 7.13. The van der Waals surface area contributed by atoms with Gasteiger partial charge in [0.25, 0.3) is 0 Å². The Hall–Kier alpha value is -1.47. The maximum atomic E-state index is 12.8. The minimum Gasteiger partial charge on any atom is -0.384 e. The van der Waals surface area contributed by atoms with Crippen molar-refractivity contribution in [1.29, 1.82) is 0 Å². The third-order valence-electron chi connectivity index (χ3n) is 4.47. The smallest absolute Gasteiger partial charge is 0.233 e. The second-order valence-corrected chi connectivity index (χ2v) is 7.15. The van der Waals surface area contributed by atoms with Crippen molar-refractivity contribution in [3.63, 3.8) is 0 Å². The summed E-state index contributed by atoms with van der Waals surface area (Å²) in [7, 11) is 1.65. The highest BCUT2D eigenvalue weighted by Crippen LogP contribution is 2.31. The molecule has 2 heterocycles. The molecule has 1 aliphatic rings. The van der Waals surface area contributed by atoms with Crippen molar-refractivity contribution in [2.75, 3.05) is 32.1 Å². The Bertz CT molecular complexity index is 691. The maximum absolute atomic E-state index is 12.8. The number of hydrogen-bond acceptors (Lipinski definition) is 5. The molecule has 0 saturated carbocycles. The molecule has 3 rings (SSSR count). The molecule has 5 nitrogen and oxygen atoms in total. The third kappa shape index (κ3) is 4.58. The third-order valence-corrected chi connectivity index (χ3v) is 5.48. The molecule has 7 heteroatoms. The van der Waals surface area contributed by atoms with Crippen molar-refractivity contribution in [3.05, 3.63) is 35.3 Å². The Morgan fingerprint density at radius 1 is 1.32 bits per heavy atom. The molecule has 0 atom stereocenters. The highest BCUT2D eigenvalue weighted by Gasteiger charge is 2.39. The zero-order valence-electron chi connectivity index (χ0n) is 14.5. The molecule has 136 valence electrons. The number of halogens is 1. The van der Waals surface area contributed by atoms with Crippen LogP contribution >= 0.6 is 23.7 Å². The monoisotopic (exact) mass is 381 g/mol. The van der Waals surface area contributed by atoms with Crippen molar-refractivity contribution in [3.8, 4) is 10.6 Å². The quantitative estimate of drug-likeness (QED) is 0.832. The largest absolute Gasteiger partial charge is 0.384 e. The van der Waals surface area contributed by atoms with E-state index < -0.39 is 5.41 Å². The molecule has 1 fully saturated rings. The van der Waals surface area contributed by atoms with E-state index in [1.165, 1.54) is 0 Å². The standard InChI is InChI=1S/C18H23N3O2S.ClH/c1-13-11-24-16(20-13)14-3-5-15(6-4-14)21-17(22)18(12-23-2)7-9-19-10-8-18;/h3-6,11,19H,7-10,12H2,1-2H3,(H,21,22);1H. The fourth-order valence-electron chi connectivity index (χ4n) is 3.06. The molecule has 1 aromatic heterocycles. The van der Waals surface area contributed by atoms with Gasteiger partial charge < -0.3 is 15.4 Å². The average molecular weight is 382 g/mol. The van der Waals surface area contributed by atoms with Gasteiger partial charge in [-0.2, -0.15) is 0 Å². The number of ether oxygens (including phenoxy) is 1. The number of hydrogen-bond donors (Lipinski definition) is 2. The summed E-state index contributed by atoms with van der Waals surface area (Å²) in [5.41, 5.74) is 2.47. The summed E-state index contributed by atoms with van der Waals surface area (Å²) in [4.78, 5) is 17.3. The van der Waals surface area contributed by atoms with E-state index in [9.17, 15) is 4.79 Å². The predicted molar refractivity (Wildman–Crippen MR) is 105 cm³/mol. The van der Waals surface area contributed by atoms with Crippen LogP contribution in [-0.4, -0.2) is 37.7 Å². The van der Waals surface area contributed by atoms with E-state index in [1.807, 2.05) is 36.6 Å². The predicted octanol–water partition coefficient (Wildman–Crippen LogP) is 3.50. The molecule has 0 bridgehead atoms. The summed E-state index contributed by atoms with van der Waals surface area (Å²) in [6, 6.07) is 7.87. The van der Waals surface area contributed by atoms with Crippen molar-refractivity contribution >= 4 is 35.3 Å². The van der Waals surface area contributed by atoms with Crippen LogP contribution in [0.2, 0.25) is 0 Å². The molecule has 1 saturated heterocycles. The first-order valence-electron chi connectivity index (χ1n) is 8.17. The summed E-state index contributed by atoms with van der Waals surface area (Å²) in [6.45, 7) is 4.14. The molecule has 0 aliphatic carbocycles. The number of rotatable bonds is 5. The number of benzene rings is 1. The number of carbonyl (C=O) groups is 1. The zero-order chi connectivity index (χ0) is 17.0. The molecule has 1 aliphatic heterocycles. The first-order valence-corrected chi connectivity index (χ1v) is 9.05. The number of piperidine rings is 1. The Balaban J connectivity index is 0.00000225. The van der Waals surface area contributed by atoms with Gasteiger partial charge in [-0.25, -0.2) is 4.98 Å². The fraction of sp³-hybridized carbons (Fsp3) is 0.444. The van der Waals surface area contributed by atoms with E-state index in [2.05, 4.69) is 15.6 Å². The van der Waals surface area contributed by atoms with Crippen LogP contribution in [0.4, 0.5) is 5.69 Å². The second-order valence-electron chi connectivity index (χ2n) is 6.29. The molecule has 0 spiro atoms. The van der Waals surface area contributed by atoms with Crippen LogP contribution < -0.4 is 10.6 Å². The second kappa shape index (κ2) is 8.76. The van der Waals surface area contributed by atoms with Crippen LogP contribution in [0.5, 0.6) is 0 Å². The lowest BCUT2D eigenvalue weighted by Gasteiger charge is -2.35. The minimum atomic E-state index is -0.439. The van der Waals surface area contributed by atoms with Gasteiger partial charge in [0.05, 0.1) is 12.0 Å². The van der Waals surface area contributed by atoms with Gasteiger partial charge in [-0.15, -0.1) is 23.7 Å². The number of nitrogens with one attached hydrogen (secondary N) is 2. The van der Waals surface area contributed by atoms with Crippen molar-refractivity contribution < 1.29 is 9.53 Å². The number of aromatic nitrogens is 1. The number of thiazole rings is 1. The van der Waals surface area contributed by atoms with E-state index in [0.29, 0.717) is 6.61 Å². The van der Waals surface area contributed by atoms with Crippen LogP contribution in [0.25, 0.3) is 10.6 Å². The van der Waals surface area contributed by atoms with E-state index in [1.54, 1.807) is 18.4 Å². The number of methoxy groups -OCH3 is 1. The topological polar surface area (TPSA) is 63.2 Å². The lowest BCUT2D eigenvalue weighted by Crippen LogP contribution is -2.47. The lowest BCUT2D eigenvalue weighted by atomic mass is 9.78. The number of anilines is 1. The van der Waals surface area contributed by atoms with Gasteiger partial charge in [0, 0.05) is 29.4 Å². The summed E-state index contributed by atoms with van der Waals surface area (Å²) >= 11 is 1.63. The first kappa shape index (κ1) is 19.8. The molecule has 1 aromatic carbocycles. The lowest BCUT2D eigenvalue weighted by molar-refractivity contribution is -0.130. The zero-order valence-corrected chi connectivity index (χ0v) is 16.1. The van der Waals surface area contributed by atoms with Crippen molar-refractivity contribution in [2.24, 2.45) is 5.41 Å². The summed E-state index contributed by atoms with van der Waals surface area (Å²) in [5, 5.41) is 9.40. The summed E-state index contributed by atoms with van der Waals surface area (Å²) < 4.78 is 5.33. The van der Waals surface area contributed by atoms with Gasteiger partial charge in [0.1, 0.15) is 5.01 Å². The van der Waals surface area contributed by atoms with Gasteiger partial charge in [0.2, 0.25) is 5.91 Å². The van der Waals surface area contributed by atoms with Crippen LogP contribution in [0.1, 0.15) is 18.5 Å². The molecular weight excluding hydrogens is 358 g/mol. The van der Waals surface area contributed by atoms with Crippen LogP contribution in [0.3, 0.4) is 0 Å². The Labute approximate surface area is 158 Å². The number of nitrogens with zero attached hydrogens (tertiary/aromatic N) is 1. The Morgan fingerprint density at radius 3 is 2.56 bits per heavy atom. The van der Waals surface area contributed by atoms with Crippen LogP contribution in [-0.2, 0) is 9.53 Å². The Kier molecular flexibility index (Phi) is 6.95. The maximum Gasteiger partial charge on any atom is 0.233 e.